The van der Waals surface area contributed by atoms with Gasteiger partial charge in [0.25, 0.3) is 0 Å². The number of allylic oxidation sites excluding steroid dienone is 6. The molecule has 65 heavy (non-hydrogen) atoms. The fourth-order valence-electron chi connectivity index (χ4n) is 9.37. The van der Waals surface area contributed by atoms with Crippen molar-refractivity contribution in [3.8, 4) is 0 Å². The Labute approximate surface area is 408 Å². The highest BCUT2D eigenvalue weighted by Gasteiger charge is 2.20. The minimum Gasteiger partial charge on any atom is -0.394 e. The van der Waals surface area contributed by atoms with Crippen LogP contribution < -0.4 is 5.32 Å². The molecule has 0 radical (unpaired) electrons. The highest BCUT2D eigenvalue weighted by atomic mass is 16.3. The summed E-state index contributed by atoms with van der Waals surface area (Å²) in [6.07, 6.45) is 77.1. The van der Waals surface area contributed by atoms with Crippen molar-refractivity contribution in [3.63, 3.8) is 0 Å². The summed E-state index contributed by atoms with van der Waals surface area (Å²) in [5.41, 5.74) is 0. The Balaban J connectivity index is 3.44. The predicted molar refractivity (Wildman–Crippen MR) is 290 cm³/mol. The van der Waals surface area contributed by atoms with E-state index in [1.807, 2.05) is 0 Å². The Morgan fingerprint density at radius 1 is 0.369 bits per heavy atom. The predicted octanol–water partition coefficient (Wildman–Crippen LogP) is 19.6. The SMILES string of the molecule is CCCCCCC/C=C\C/C=C\C/C=C\CCCCCCCCCCCCCCCCC(=O)NC(CO)C(O)CCCCCCCCCCCCCCCCCCCCCCCCCC. The van der Waals surface area contributed by atoms with Crippen molar-refractivity contribution in [3.05, 3.63) is 36.5 Å². The van der Waals surface area contributed by atoms with E-state index in [2.05, 4.69) is 55.6 Å². The summed E-state index contributed by atoms with van der Waals surface area (Å²) in [5.74, 6) is -0.0274. The van der Waals surface area contributed by atoms with Gasteiger partial charge >= 0.3 is 0 Å². The Morgan fingerprint density at radius 3 is 0.938 bits per heavy atom. The van der Waals surface area contributed by atoms with Gasteiger partial charge in [-0.25, -0.2) is 0 Å². The molecule has 0 saturated heterocycles. The molecule has 1 amide bonds. The summed E-state index contributed by atoms with van der Waals surface area (Å²) < 4.78 is 0. The summed E-state index contributed by atoms with van der Waals surface area (Å²) in [6.45, 7) is 4.38. The maximum atomic E-state index is 12.5. The lowest BCUT2D eigenvalue weighted by Crippen LogP contribution is -2.45. The molecule has 0 aliphatic rings. The second kappa shape index (κ2) is 56.9. The smallest absolute Gasteiger partial charge is 0.220 e. The van der Waals surface area contributed by atoms with Crippen LogP contribution in [0.2, 0.25) is 0 Å². The fourth-order valence-corrected chi connectivity index (χ4v) is 9.37. The zero-order valence-electron chi connectivity index (χ0n) is 44.3. The molecule has 3 N–H and O–H groups in total. The van der Waals surface area contributed by atoms with Crippen molar-refractivity contribution in [2.24, 2.45) is 0 Å². The molecule has 4 nitrogen and oxygen atoms in total. The van der Waals surface area contributed by atoms with Crippen molar-refractivity contribution >= 4 is 5.91 Å². The van der Waals surface area contributed by atoms with Gasteiger partial charge in [-0.2, -0.15) is 0 Å². The molecule has 0 aliphatic carbocycles. The van der Waals surface area contributed by atoms with Crippen LogP contribution >= 0.6 is 0 Å². The maximum Gasteiger partial charge on any atom is 0.220 e. The summed E-state index contributed by atoms with van der Waals surface area (Å²) in [7, 11) is 0. The van der Waals surface area contributed by atoms with E-state index in [4.69, 9.17) is 0 Å². The number of amides is 1. The van der Waals surface area contributed by atoms with Crippen LogP contribution in [0, 0.1) is 0 Å². The monoisotopic (exact) mass is 912 g/mol. The van der Waals surface area contributed by atoms with E-state index in [9.17, 15) is 15.0 Å². The van der Waals surface area contributed by atoms with Crippen LogP contribution in [-0.4, -0.2) is 34.9 Å². The first-order chi connectivity index (χ1) is 32.2. The van der Waals surface area contributed by atoms with Crippen LogP contribution in [0.1, 0.15) is 328 Å². The molecule has 0 saturated carbocycles. The first kappa shape index (κ1) is 63.6. The Bertz CT molecular complexity index is 989. The topological polar surface area (TPSA) is 69.6 Å². The van der Waals surface area contributed by atoms with Gasteiger partial charge in [0, 0.05) is 6.42 Å². The number of rotatable bonds is 55. The van der Waals surface area contributed by atoms with E-state index in [1.165, 1.54) is 263 Å². The number of aliphatic hydroxyl groups is 2. The molecule has 0 aromatic rings. The van der Waals surface area contributed by atoms with Gasteiger partial charge in [-0.1, -0.05) is 307 Å². The molecule has 2 unspecified atom stereocenters. The van der Waals surface area contributed by atoms with Gasteiger partial charge in [0.2, 0.25) is 5.91 Å². The van der Waals surface area contributed by atoms with Gasteiger partial charge in [-0.05, 0) is 51.4 Å². The lowest BCUT2D eigenvalue weighted by atomic mass is 10.0. The average Bonchev–Trinajstić information content (AvgIpc) is 3.31. The molecular weight excluding hydrogens is 795 g/mol. The molecule has 0 spiro atoms. The van der Waals surface area contributed by atoms with Crippen molar-refractivity contribution in [2.45, 2.75) is 341 Å². The van der Waals surface area contributed by atoms with E-state index in [0.717, 1.165) is 38.5 Å². The second-order valence-corrected chi connectivity index (χ2v) is 20.4. The van der Waals surface area contributed by atoms with Gasteiger partial charge < -0.3 is 15.5 Å². The molecular formula is C61H117NO3. The highest BCUT2D eigenvalue weighted by molar-refractivity contribution is 5.76. The van der Waals surface area contributed by atoms with Crippen molar-refractivity contribution in [2.75, 3.05) is 6.61 Å². The zero-order chi connectivity index (χ0) is 47.0. The molecule has 0 rings (SSSR count). The average molecular weight is 913 g/mol. The molecule has 2 atom stereocenters. The van der Waals surface area contributed by atoms with Crippen molar-refractivity contribution in [1.82, 2.24) is 5.32 Å². The number of aliphatic hydroxyl groups excluding tert-OH is 2. The van der Waals surface area contributed by atoms with E-state index in [0.29, 0.717) is 12.8 Å². The van der Waals surface area contributed by atoms with E-state index in [-0.39, 0.29) is 12.5 Å². The number of unbranched alkanes of at least 4 members (excludes halogenated alkanes) is 42. The maximum absolute atomic E-state index is 12.5. The van der Waals surface area contributed by atoms with Gasteiger partial charge in [0.15, 0.2) is 0 Å². The highest BCUT2D eigenvalue weighted by Crippen LogP contribution is 2.18. The third kappa shape index (κ3) is 53.4. The fraction of sp³-hybridized carbons (Fsp3) is 0.885. The summed E-state index contributed by atoms with van der Waals surface area (Å²) >= 11 is 0. The largest absolute Gasteiger partial charge is 0.394 e. The Hall–Kier alpha value is -1.39. The number of carbonyl (C=O) groups is 1. The molecule has 0 heterocycles. The van der Waals surface area contributed by atoms with E-state index < -0.39 is 12.1 Å². The first-order valence-electron chi connectivity index (χ1n) is 29.7. The minimum atomic E-state index is -0.661. The molecule has 384 valence electrons. The van der Waals surface area contributed by atoms with Crippen LogP contribution in [0.15, 0.2) is 36.5 Å². The summed E-state index contributed by atoms with van der Waals surface area (Å²) in [5, 5.41) is 23.4. The van der Waals surface area contributed by atoms with Crippen molar-refractivity contribution < 1.29 is 15.0 Å². The summed E-state index contributed by atoms with van der Waals surface area (Å²) in [6, 6.07) is -0.537. The van der Waals surface area contributed by atoms with E-state index in [1.54, 1.807) is 0 Å². The van der Waals surface area contributed by atoms with Crippen LogP contribution in [0.5, 0.6) is 0 Å². The van der Waals surface area contributed by atoms with Gasteiger partial charge in [0.05, 0.1) is 18.8 Å². The van der Waals surface area contributed by atoms with Crippen molar-refractivity contribution in [1.29, 1.82) is 0 Å². The van der Waals surface area contributed by atoms with Gasteiger partial charge in [-0.3, -0.25) is 4.79 Å². The number of hydrogen-bond donors (Lipinski definition) is 3. The molecule has 0 fully saturated rings. The third-order valence-electron chi connectivity index (χ3n) is 13.9. The first-order valence-corrected chi connectivity index (χ1v) is 29.7. The number of hydrogen-bond acceptors (Lipinski definition) is 3. The third-order valence-corrected chi connectivity index (χ3v) is 13.9. The summed E-state index contributed by atoms with van der Waals surface area (Å²) in [4.78, 5) is 12.5. The molecule has 0 aromatic heterocycles. The number of carbonyl (C=O) groups excluding carboxylic acids is 1. The normalized spacial score (nSPS) is 13.0. The second-order valence-electron chi connectivity index (χ2n) is 20.4. The van der Waals surface area contributed by atoms with E-state index >= 15 is 0 Å². The standard InChI is InChI=1S/C61H117NO3/c1-3-5-7-9-11-13-15-17-19-21-23-25-27-29-30-31-32-33-35-37-39-41-43-45-47-49-51-53-55-57-61(65)62-59(58-63)60(64)56-54-52-50-48-46-44-42-40-38-36-34-28-26-24-22-20-18-16-14-12-10-8-6-4-2/h15,17,21,23,27,29,59-60,63-64H,3-14,16,18-20,22,24-26,28,30-58H2,1-2H3,(H,62,65)/b17-15-,23-21-,29-27-. The van der Waals surface area contributed by atoms with Crippen LogP contribution in [0.3, 0.4) is 0 Å². The quantitative estimate of drug-likeness (QED) is 0.0421. The van der Waals surface area contributed by atoms with Crippen LogP contribution in [0.4, 0.5) is 0 Å². The molecule has 0 aliphatic heterocycles. The molecule has 4 heteroatoms. The van der Waals surface area contributed by atoms with Gasteiger partial charge in [0.1, 0.15) is 0 Å². The molecule has 0 aromatic carbocycles. The lowest BCUT2D eigenvalue weighted by Gasteiger charge is -2.22. The minimum absolute atomic E-state index is 0.0274. The Morgan fingerprint density at radius 2 is 0.631 bits per heavy atom. The lowest BCUT2D eigenvalue weighted by molar-refractivity contribution is -0.123. The zero-order valence-corrected chi connectivity index (χ0v) is 44.3. The Kier molecular flexibility index (Phi) is 55.7. The van der Waals surface area contributed by atoms with Crippen LogP contribution in [-0.2, 0) is 4.79 Å². The number of nitrogens with one attached hydrogen (secondary N) is 1. The van der Waals surface area contributed by atoms with Gasteiger partial charge in [-0.15, -0.1) is 0 Å². The van der Waals surface area contributed by atoms with Crippen LogP contribution in [0.25, 0.3) is 0 Å². The molecule has 0 bridgehead atoms.